The van der Waals surface area contributed by atoms with Crippen molar-refractivity contribution < 1.29 is 13.9 Å². The summed E-state index contributed by atoms with van der Waals surface area (Å²) in [6.45, 7) is 6.08. The van der Waals surface area contributed by atoms with Gasteiger partial charge in [-0.25, -0.2) is 18.5 Å². The summed E-state index contributed by atoms with van der Waals surface area (Å²) in [5.41, 5.74) is 1.44. The van der Waals surface area contributed by atoms with Gasteiger partial charge >= 0.3 is 6.03 Å². The summed E-state index contributed by atoms with van der Waals surface area (Å²) in [6, 6.07) is 6.89. The van der Waals surface area contributed by atoms with Crippen LogP contribution in [-0.4, -0.2) is 30.2 Å². The van der Waals surface area contributed by atoms with Gasteiger partial charge in [-0.15, -0.1) is 0 Å². The van der Waals surface area contributed by atoms with Gasteiger partial charge in [0.25, 0.3) is 0 Å². The summed E-state index contributed by atoms with van der Waals surface area (Å²) in [5, 5.41) is 11.4. The molecule has 0 saturated carbocycles. The molecule has 0 aliphatic heterocycles. The average Bonchev–Trinajstić information content (AvgIpc) is 3.41. The fourth-order valence-electron chi connectivity index (χ4n) is 2.86. The molecule has 0 atom stereocenters. The summed E-state index contributed by atoms with van der Waals surface area (Å²) in [5.74, 6) is 0.793. The van der Waals surface area contributed by atoms with Crippen LogP contribution in [0.3, 0.4) is 0 Å². The van der Waals surface area contributed by atoms with Crippen LogP contribution in [0.4, 0.5) is 20.7 Å². The number of carbonyl (C=O) groups is 1. The average molecular weight is 468 g/mol. The highest BCUT2D eigenvalue weighted by atomic mass is 32.1. The zero-order valence-corrected chi connectivity index (χ0v) is 19.3. The Morgan fingerprint density at radius 3 is 2.67 bits per heavy atom. The second-order valence-corrected chi connectivity index (χ2v) is 8.90. The van der Waals surface area contributed by atoms with E-state index in [4.69, 9.17) is 4.74 Å². The molecule has 0 fully saturated rings. The maximum absolute atomic E-state index is 14.6. The number of anilines is 2. The number of ether oxygens (including phenoxy) is 1. The van der Waals surface area contributed by atoms with Crippen LogP contribution in [0.2, 0.25) is 0 Å². The van der Waals surface area contributed by atoms with Crippen molar-refractivity contribution in [3.63, 3.8) is 0 Å². The molecule has 3 heterocycles. The minimum Gasteiger partial charge on any atom is -0.439 e. The molecule has 2 N–H and O–H groups in total. The van der Waals surface area contributed by atoms with Crippen LogP contribution >= 0.6 is 11.5 Å². The molecule has 9 nitrogen and oxygen atoms in total. The number of amides is 2. The molecule has 0 aliphatic carbocycles. The Bertz CT molecular complexity index is 1280. The van der Waals surface area contributed by atoms with Crippen LogP contribution < -0.4 is 15.4 Å². The third kappa shape index (κ3) is 5.32. The van der Waals surface area contributed by atoms with Crippen LogP contribution in [0, 0.1) is 5.82 Å². The minimum atomic E-state index is -0.653. The van der Waals surface area contributed by atoms with Gasteiger partial charge in [0.2, 0.25) is 5.88 Å². The number of hydrogen-bond acceptors (Lipinski definition) is 7. The SMILES string of the molecule is Cn1nc(C(C)(C)C)cc1NC(=O)Nc1ccc(Oc2ccnc(-c3cnsc3)n2)cc1F. The Morgan fingerprint density at radius 2 is 2.00 bits per heavy atom. The van der Waals surface area contributed by atoms with Gasteiger partial charge in [-0.05, 0) is 23.7 Å². The van der Waals surface area contributed by atoms with E-state index in [9.17, 15) is 9.18 Å². The molecule has 4 aromatic rings. The molecule has 0 saturated heterocycles. The van der Waals surface area contributed by atoms with Crippen molar-refractivity contribution in [2.45, 2.75) is 26.2 Å². The lowest BCUT2D eigenvalue weighted by molar-refractivity contribution is 0.262. The summed E-state index contributed by atoms with van der Waals surface area (Å²) < 4.78 is 25.9. The smallest absolute Gasteiger partial charge is 0.324 e. The van der Waals surface area contributed by atoms with Gasteiger partial charge in [-0.2, -0.15) is 10.1 Å². The van der Waals surface area contributed by atoms with Gasteiger partial charge in [-0.3, -0.25) is 10.00 Å². The first-order valence-corrected chi connectivity index (χ1v) is 10.9. The van der Waals surface area contributed by atoms with E-state index in [-0.39, 0.29) is 22.7 Å². The number of benzene rings is 1. The van der Waals surface area contributed by atoms with Crippen molar-refractivity contribution in [1.82, 2.24) is 24.1 Å². The Balaban J connectivity index is 1.42. The zero-order chi connectivity index (χ0) is 23.6. The standard InChI is InChI=1S/C22H22FN7O2S/c1-22(2,3)17-10-18(30(4)29-17)27-21(31)26-16-6-5-14(9-15(16)23)32-19-7-8-24-20(28-19)13-11-25-33-12-13/h5-12H,1-4H3,(H2,26,27,31). The second kappa shape index (κ2) is 8.94. The summed E-state index contributed by atoms with van der Waals surface area (Å²) in [4.78, 5) is 20.9. The molecule has 170 valence electrons. The van der Waals surface area contributed by atoms with Crippen LogP contribution in [0.5, 0.6) is 11.6 Å². The van der Waals surface area contributed by atoms with Gasteiger partial charge in [0.15, 0.2) is 5.82 Å². The van der Waals surface area contributed by atoms with E-state index in [1.165, 1.54) is 29.7 Å². The Morgan fingerprint density at radius 1 is 1.18 bits per heavy atom. The number of rotatable bonds is 5. The maximum atomic E-state index is 14.6. The highest BCUT2D eigenvalue weighted by Crippen LogP contribution is 2.27. The van der Waals surface area contributed by atoms with Crippen molar-refractivity contribution in [2.24, 2.45) is 7.05 Å². The third-order valence-corrected chi connectivity index (χ3v) is 5.21. The summed E-state index contributed by atoms with van der Waals surface area (Å²) in [6.07, 6.45) is 3.21. The molecular weight excluding hydrogens is 445 g/mol. The Hall–Kier alpha value is -3.86. The van der Waals surface area contributed by atoms with Gasteiger partial charge in [0.05, 0.1) is 23.1 Å². The highest BCUT2D eigenvalue weighted by Gasteiger charge is 2.20. The molecule has 0 unspecified atom stereocenters. The van der Waals surface area contributed by atoms with E-state index in [1.807, 2.05) is 26.2 Å². The number of urea groups is 1. The monoisotopic (exact) mass is 467 g/mol. The molecule has 11 heteroatoms. The number of halogens is 1. The molecule has 1 aromatic carbocycles. The zero-order valence-electron chi connectivity index (χ0n) is 18.5. The normalized spacial score (nSPS) is 11.3. The second-order valence-electron chi connectivity index (χ2n) is 8.24. The van der Waals surface area contributed by atoms with Gasteiger partial charge in [-0.1, -0.05) is 20.8 Å². The van der Waals surface area contributed by atoms with Crippen LogP contribution in [0.25, 0.3) is 11.4 Å². The molecule has 3 aromatic heterocycles. The molecule has 0 bridgehead atoms. The number of carbonyl (C=O) groups excluding carboxylic acids is 1. The molecule has 0 radical (unpaired) electrons. The lowest BCUT2D eigenvalue weighted by atomic mass is 9.92. The largest absolute Gasteiger partial charge is 0.439 e. The molecule has 0 aliphatic rings. The van der Waals surface area contributed by atoms with Gasteiger partial charge < -0.3 is 10.1 Å². The predicted molar refractivity (Wildman–Crippen MR) is 124 cm³/mol. The highest BCUT2D eigenvalue weighted by molar-refractivity contribution is 7.03. The predicted octanol–water partition coefficient (Wildman–Crippen LogP) is 5.21. The molecule has 2 amide bonds. The van der Waals surface area contributed by atoms with Gasteiger partial charge in [0.1, 0.15) is 17.4 Å². The van der Waals surface area contributed by atoms with E-state index in [0.29, 0.717) is 11.6 Å². The first-order valence-electron chi connectivity index (χ1n) is 10.0. The fraction of sp³-hybridized carbons (Fsp3) is 0.227. The quantitative estimate of drug-likeness (QED) is 0.417. The summed E-state index contributed by atoms with van der Waals surface area (Å²) >= 11 is 1.29. The van der Waals surface area contributed by atoms with Crippen molar-refractivity contribution in [2.75, 3.05) is 10.6 Å². The van der Waals surface area contributed by atoms with E-state index < -0.39 is 11.8 Å². The van der Waals surface area contributed by atoms with Crippen LogP contribution in [-0.2, 0) is 12.5 Å². The first-order chi connectivity index (χ1) is 15.7. The van der Waals surface area contributed by atoms with Crippen molar-refractivity contribution in [1.29, 1.82) is 0 Å². The molecule has 0 spiro atoms. The number of hydrogen-bond donors (Lipinski definition) is 2. The topological polar surface area (TPSA) is 107 Å². The first kappa shape index (κ1) is 22.3. The molecule has 33 heavy (non-hydrogen) atoms. The third-order valence-electron chi connectivity index (χ3n) is 4.62. The number of nitrogens with one attached hydrogen (secondary N) is 2. The number of nitrogens with zero attached hydrogens (tertiary/aromatic N) is 5. The molecule has 4 rings (SSSR count). The van der Waals surface area contributed by atoms with Crippen molar-refractivity contribution >= 4 is 29.1 Å². The van der Waals surface area contributed by atoms with Crippen molar-refractivity contribution in [3.05, 3.63) is 59.6 Å². The van der Waals surface area contributed by atoms with Crippen LogP contribution in [0.15, 0.2) is 48.1 Å². The molecular formula is C22H22FN7O2S. The maximum Gasteiger partial charge on any atom is 0.324 e. The van der Waals surface area contributed by atoms with Gasteiger partial charge in [0, 0.05) is 42.2 Å². The fourth-order valence-corrected chi connectivity index (χ4v) is 3.37. The van der Waals surface area contributed by atoms with Crippen molar-refractivity contribution in [3.8, 4) is 23.0 Å². The lowest BCUT2D eigenvalue weighted by Gasteiger charge is -2.13. The summed E-state index contributed by atoms with van der Waals surface area (Å²) in [7, 11) is 1.73. The number of aromatic nitrogens is 5. The van der Waals surface area contributed by atoms with E-state index in [0.717, 1.165) is 11.3 Å². The minimum absolute atomic E-state index is 0.00536. The van der Waals surface area contributed by atoms with E-state index >= 15 is 0 Å². The van der Waals surface area contributed by atoms with E-state index in [1.54, 1.807) is 36.3 Å². The van der Waals surface area contributed by atoms with Crippen LogP contribution in [0.1, 0.15) is 26.5 Å². The Labute approximate surface area is 193 Å². The van der Waals surface area contributed by atoms with E-state index in [2.05, 4.69) is 30.1 Å². The Kier molecular flexibility index (Phi) is 6.05. The lowest BCUT2D eigenvalue weighted by Crippen LogP contribution is -2.21. The number of aryl methyl sites for hydroxylation is 1.